The monoisotopic (exact) mass is 249 g/mol. The average molecular weight is 249 g/mol. The van der Waals surface area contributed by atoms with Crippen LogP contribution in [0.1, 0.15) is 25.7 Å². The van der Waals surface area contributed by atoms with Crippen LogP contribution in [0.15, 0.2) is 23.2 Å². The minimum Gasteiger partial charge on any atom is -0.384 e. The van der Waals surface area contributed by atoms with Gasteiger partial charge in [-0.05, 0) is 44.9 Å². The van der Waals surface area contributed by atoms with E-state index in [1.165, 1.54) is 30.6 Å². The zero-order valence-electron chi connectivity index (χ0n) is 10.2. The molecule has 2 aliphatic rings. The van der Waals surface area contributed by atoms with Crippen molar-refractivity contribution in [3.8, 4) is 0 Å². The van der Waals surface area contributed by atoms with Crippen molar-refractivity contribution >= 4 is 17.6 Å². The van der Waals surface area contributed by atoms with E-state index in [1.807, 2.05) is 24.0 Å². The summed E-state index contributed by atoms with van der Waals surface area (Å²) < 4.78 is 0. The Morgan fingerprint density at radius 1 is 1.29 bits per heavy atom. The van der Waals surface area contributed by atoms with Gasteiger partial charge >= 0.3 is 0 Å². The van der Waals surface area contributed by atoms with Gasteiger partial charge in [-0.25, -0.2) is 4.98 Å². The molecule has 0 aromatic carbocycles. The van der Waals surface area contributed by atoms with Crippen LogP contribution in [-0.2, 0) is 0 Å². The first kappa shape index (κ1) is 11.4. The molecule has 0 amide bonds. The molecule has 92 valence electrons. The van der Waals surface area contributed by atoms with E-state index in [0.29, 0.717) is 5.82 Å². The Morgan fingerprint density at radius 3 is 2.59 bits per heavy atom. The maximum Gasteiger partial charge on any atom is 0.123 e. The van der Waals surface area contributed by atoms with Crippen molar-refractivity contribution in [2.75, 3.05) is 12.8 Å². The lowest BCUT2D eigenvalue weighted by molar-refractivity contribution is 0.183. The number of thioether (sulfide) groups is 1. The highest BCUT2D eigenvalue weighted by atomic mass is 32.2. The van der Waals surface area contributed by atoms with Crippen molar-refractivity contribution in [1.82, 2.24) is 9.88 Å². The zero-order valence-corrected chi connectivity index (χ0v) is 11.0. The molecule has 2 saturated heterocycles. The summed E-state index contributed by atoms with van der Waals surface area (Å²) in [5, 5.41) is 0.758. The lowest BCUT2D eigenvalue weighted by Gasteiger charge is -2.35. The Hall–Kier alpha value is -0.740. The van der Waals surface area contributed by atoms with Crippen molar-refractivity contribution in [2.45, 2.75) is 47.9 Å². The second-order valence-electron chi connectivity index (χ2n) is 5.18. The quantitative estimate of drug-likeness (QED) is 0.874. The van der Waals surface area contributed by atoms with Crippen molar-refractivity contribution in [1.29, 1.82) is 0 Å². The Bertz CT molecular complexity index is 378. The first-order valence-electron chi connectivity index (χ1n) is 6.32. The molecule has 0 saturated carbocycles. The molecule has 3 nitrogen and oxygen atoms in total. The fourth-order valence-electron chi connectivity index (χ4n) is 3.11. The summed E-state index contributed by atoms with van der Waals surface area (Å²) in [7, 11) is 2.29. The molecule has 2 fully saturated rings. The molecule has 3 rings (SSSR count). The Labute approximate surface area is 107 Å². The van der Waals surface area contributed by atoms with Crippen LogP contribution in [0.2, 0.25) is 0 Å². The predicted octanol–water partition coefficient (Wildman–Crippen LogP) is 2.38. The minimum absolute atomic E-state index is 0.609. The van der Waals surface area contributed by atoms with Crippen LogP contribution in [0.25, 0.3) is 0 Å². The van der Waals surface area contributed by atoms with Gasteiger partial charge in [-0.15, -0.1) is 11.8 Å². The molecule has 0 radical (unpaired) electrons. The van der Waals surface area contributed by atoms with Gasteiger partial charge in [-0.3, -0.25) is 0 Å². The molecule has 2 aliphatic heterocycles. The van der Waals surface area contributed by atoms with E-state index in [9.17, 15) is 0 Å². The van der Waals surface area contributed by atoms with Gasteiger partial charge in [0, 0.05) is 28.4 Å². The first-order valence-corrected chi connectivity index (χ1v) is 7.20. The van der Waals surface area contributed by atoms with Gasteiger partial charge in [0.05, 0.1) is 0 Å². The van der Waals surface area contributed by atoms with Crippen molar-refractivity contribution in [2.24, 2.45) is 0 Å². The molecular weight excluding hydrogens is 230 g/mol. The van der Waals surface area contributed by atoms with Gasteiger partial charge in [0.25, 0.3) is 0 Å². The molecule has 1 aromatic rings. The largest absolute Gasteiger partial charge is 0.384 e. The van der Waals surface area contributed by atoms with E-state index < -0.39 is 0 Å². The molecule has 1 aromatic heterocycles. The first-order chi connectivity index (χ1) is 8.22. The van der Waals surface area contributed by atoms with Crippen molar-refractivity contribution in [3.63, 3.8) is 0 Å². The topological polar surface area (TPSA) is 42.1 Å². The summed E-state index contributed by atoms with van der Waals surface area (Å²) >= 11 is 1.98. The Morgan fingerprint density at radius 2 is 2.00 bits per heavy atom. The Balaban J connectivity index is 1.65. The fraction of sp³-hybridized carbons (Fsp3) is 0.615. The molecule has 3 heterocycles. The predicted molar refractivity (Wildman–Crippen MR) is 72.1 cm³/mol. The molecular formula is C13H19N3S. The summed E-state index contributed by atoms with van der Waals surface area (Å²) in [4.78, 5) is 8.00. The third kappa shape index (κ3) is 2.29. The summed E-state index contributed by atoms with van der Waals surface area (Å²) in [6.07, 6.45) is 7.32. The molecule has 2 N–H and O–H groups in total. The van der Waals surface area contributed by atoms with E-state index in [2.05, 4.69) is 23.0 Å². The SMILES string of the molecule is CN1[C@@H]2CC[C@H]1CC(Sc1ccc(N)nc1)C2. The normalized spacial score (nSPS) is 32.9. The highest BCUT2D eigenvalue weighted by Crippen LogP contribution is 2.41. The number of nitrogen functional groups attached to an aromatic ring is 1. The van der Waals surface area contributed by atoms with E-state index in [1.54, 1.807) is 0 Å². The standard InChI is InChI=1S/C13H19N3S/c1-16-9-2-3-10(16)7-12(6-9)17-11-4-5-13(14)15-8-11/h4-5,8-10,12H,2-3,6-7H2,1H3,(H2,14,15)/t9-,10+,12?. The molecule has 4 heteroatoms. The number of fused-ring (bicyclic) bond motifs is 2. The maximum atomic E-state index is 5.61. The zero-order chi connectivity index (χ0) is 11.8. The minimum atomic E-state index is 0.609. The highest BCUT2D eigenvalue weighted by Gasteiger charge is 2.38. The van der Waals surface area contributed by atoms with Gasteiger partial charge in [-0.1, -0.05) is 0 Å². The van der Waals surface area contributed by atoms with Gasteiger partial charge in [0.1, 0.15) is 5.82 Å². The van der Waals surface area contributed by atoms with Crippen LogP contribution in [0, 0.1) is 0 Å². The van der Waals surface area contributed by atoms with Gasteiger partial charge in [-0.2, -0.15) is 0 Å². The number of anilines is 1. The van der Waals surface area contributed by atoms with Crippen molar-refractivity contribution in [3.05, 3.63) is 18.3 Å². The second kappa shape index (κ2) is 4.50. The van der Waals surface area contributed by atoms with Crippen LogP contribution in [0.4, 0.5) is 5.82 Å². The number of aromatic nitrogens is 1. The number of hydrogen-bond donors (Lipinski definition) is 1. The molecule has 0 aliphatic carbocycles. The van der Waals surface area contributed by atoms with E-state index >= 15 is 0 Å². The fourth-order valence-corrected chi connectivity index (χ4v) is 4.39. The smallest absolute Gasteiger partial charge is 0.123 e. The highest BCUT2D eigenvalue weighted by molar-refractivity contribution is 8.00. The number of hydrogen-bond acceptors (Lipinski definition) is 4. The van der Waals surface area contributed by atoms with Gasteiger partial charge in [0.15, 0.2) is 0 Å². The third-order valence-electron chi connectivity index (χ3n) is 4.12. The number of nitrogens with two attached hydrogens (primary N) is 1. The van der Waals surface area contributed by atoms with Crippen LogP contribution in [-0.4, -0.2) is 34.3 Å². The number of nitrogens with zero attached hydrogens (tertiary/aromatic N) is 2. The van der Waals surface area contributed by atoms with Gasteiger partial charge < -0.3 is 10.6 Å². The number of piperidine rings is 1. The van der Waals surface area contributed by atoms with E-state index in [0.717, 1.165) is 17.3 Å². The summed E-state index contributed by atoms with van der Waals surface area (Å²) in [5.74, 6) is 0.609. The van der Waals surface area contributed by atoms with Crippen LogP contribution >= 0.6 is 11.8 Å². The summed E-state index contributed by atoms with van der Waals surface area (Å²) in [5.41, 5.74) is 5.61. The second-order valence-corrected chi connectivity index (χ2v) is 6.55. The number of pyridine rings is 1. The van der Waals surface area contributed by atoms with E-state index in [-0.39, 0.29) is 0 Å². The molecule has 0 spiro atoms. The van der Waals surface area contributed by atoms with Crippen LogP contribution in [0.5, 0.6) is 0 Å². The molecule has 2 bridgehead atoms. The summed E-state index contributed by atoms with van der Waals surface area (Å²) in [6.45, 7) is 0. The van der Waals surface area contributed by atoms with E-state index in [4.69, 9.17) is 5.73 Å². The van der Waals surface area contributed by atoms with Crippen molar-refractivity contribution < 1.29 is 0 Å². The lowest BCUT2D eigenvalue weighted by atomic mass is 10.0. The number of rotatable bonds is 2. The lowest BCUT2D eigenvalue weighted by Crippen LogP contribution is -2.40. The summed E-state index contributed by atoms with van der Waals surface area (Å²) in [6, 6.07) is 5.61. The molecule has 1 unspecified atom stereocenters. The Kier molecular flexibility index (Phi) is 3.01. The average Bonchev–Trinajstić information content (AvgIpc) is 2.55. The van der Waals surface area contributed by atoms with Crippen LogP contribution < -0.4 is 5.73 Å². The third-order valence-corrected chi connectivity index (χ3v) is 5.35. The molecule has 17 heavy (non-hydrogen) atoms. The van der Waals surface area contributed by atoms with Gasteiger partial charge in [0.2, 0.25) is 0 Å². The van der Waals surface area contributed by atoms with Crippen LogP contribution in [0.3, 0.4) is 0 Å². The maximum absolute atomic E-state index is 5.61. The molecule has 3 atom stereocenters.